The quantitative estimate of drug-likeness (QED) is 0.776. The predicted molar refractivity (Wildman–Crippen MR) is 79.8 cm³/mol. The Kier molecular flexibility index (Phi) is 2.90. The van der Waals surface area contributed by atoms with Gasteiger partial charge in [-0.15, -0.1) is 11.3 Å². The number of thiophene rings is 1. The monoisotopic (exact) mass is 313 g/mol. The molecule has 1 aliphatic heterocycles. The molecule has 0 bridgehead atoms. The van der Waals surface area contributed by atoms with Crippen molar-refractivity contribution in [3.05, 3.63) is 46.7 Å². The van der Waals surface area contributed by atoms with Crippen LogP contribution in [0.15, 0.2) is 34.3 Å². The SMILES string of the molecule is Nc1ncc2c(n1)CN(C(=O)c1cc(-c3cccs3)on1)C2. The maximum Gasteiger partial charge on any atom is 0.276 e. The fourth-order valence-electron chi connectivity index (χ4n) is 2.39. The van der Waals surface area contributed by atoms with E-state index in [0.717, 1.165) is 16.1 Å². The lowest BCUT2D eigenvalue weighted by molar-refractivity contribution is 0.0740. The molecule has 0 atom stereocenters. The molecule has 0 aliphatic carbocycles. The molecule has 0 fully saturated rings. The maximum atomic E-state index is 12.5. The lowest BCUT2D eigenvalue weighted by Gasteiger charge is -2.12. The van der Waals surface area contributed by atoms with Gasteiger partial charge in [0.1, 0.15) is 0 Å². The number of nitrogens with two attached hydrogens (primary N) is 1. The molecular weight excluding hydrogens is 302 g/mol. The number of hydrogen-bond acceptors (Lipinski definition) is 7. The van der Waals surface area contributed by atoms with Gasteiger partial charge in [-0.3, -0.25) is 4.79 Å². The summed E-state index contributed by atoms with van der Waals surface area (Å²) in [6.07, 6.45) is 1.66. The zero-order valence-electron chi connectivity index (χ0n) is 11.4. The van der Waals surface area contributed by atoms with Gasteiger partial charge in [0, 0.05) is 24.4 Å². The van der Waals surface area contributed by atoms with E-state index in [4.69, 9.17) is 10.3 Å². The van der Waals surface area contributed by atoms with Gasteiger partial charge in [0.05, 0.1) is 17.1 Å². The van der Waals surface area contributed by atoms with E-state index in [0.29, 0.717) is 18.8 Å². The highest BCUT2D eigenvalue weighted by Gasteiger charge is 2.28. The molecule has 4 heterocycles. The molecule has 3 aromatic heterocycles. The topological polar surface area (TPSA) is 98.1 Å². The Morgan fingerprint density at radius 2 is 2.32 bits per heavy atom. The summed E-state index contributed by atoms with van der Waals surface area (Å²) >= 11 is 1.53. The van der Waals surface area contributed by atoms with E-state index in [1.54, 1.807) is 17.2 Å². The average Bonchev–Trinajstić information content (AvgIpc) is 3.24. The molecule has 3 aromatic rings. The number of nitrogens with zero attached hydrogens (tertiary/aromatic N) is 4. The minimum absolute atomic E-state index is 0.192. The van der Waals surface area contributed by atoms with Crippen LogP contribution in [0, 0.1) is 0 Å². The van der Waals surface area contributed by atoms with E-state index in [1.165, 1.54) is 11.3 Å². The third-order valence-corrected chi connectivity index (χ3v) is 4.34. The first-order valence-electron chi connectivity index (χ1n) is 6.61. The Labute approximate surface area is 129 Å². The molecule has 7 nitrogen and oxygen atoms in total. The molecule has 1 aliphatic rings. The Balaban J connectivity index is 1.56. The molecule has 0 aromatic carbocycles. The van der Waals surface area contributed by atoms with E-state index >= 15 is 0 Å². The van der Waals surface area contributed by atoms with Crippen molar-refractivity contribution < 1.29 is 9.32 Å². The summed E-state index contributed by atoms with van der Waals surface area (Å²) in [5.74, 6) is 0.622. The van der Waals surface area contributed by atoms with Crippen LogP contribution in [-0.4, -0.2) is 25.9 Å². The van der Waals surface area contributed by atoms with Crippen LogP contribution in [0.1, 0.15) is 21.7 Å². The smallest absolute Gasteiger partial charge is 0.276 e. The normalized spacial score (nSPS) is 13.4. The summed E-state index contributed by atoms with van der Waals surface area (Å²) in [4.78, 5) is 23.2. The van der Waals surface area contributed by atoms with Crippen LogP contribution in [0.25, 0.3) is 10.6 Å². The molecule has 0 spiro atoms. The van der Waals surface area contributed by atoms with Crippen molar-refractivity contribution in [1.82, 2.24) is 20.0 Å². The number of carbonyl (C=O) groups is 1. The first-order chi connectivity index (χ1) is 10.7. The van der Waals surface area contributed by atoms with E-state index < -0.39 is 0 Å². The van der Waals surface area contributed by atoms with Gasteiger partial charge < -0.3 is 15.2 Å². The second-order valence-electron chi connectivity index (χ2n) is 4.92. The van der Waals surface area contributed by atoms with Crippen molar-refractivity contribution in [3.8, 4) is 10.6 Å². The fourth-order valence-corrected chi connectivity index (χ4v) is 3.06. The number of aromatic nitrogens is 3. The predicted octanol–water partition coefficient (Wildman–Crippen LogP) is 1.93. The van der Waals surface area contributed by atoms with Crippen LogP contribution in [0.2, 0.25) is 0 Å². The van der Waals surface area contributed by atoms with Crippen LogP contribution < -0.4 is 5.73 Å². The molecule has 4 rings (SSSR count). The number of carbonyl (C=O) groups excluding carboxylic acids is 1. The third-order valence-electron chi connectivity index (χ3n) is 3.46. The summed E-state index contributed by atoms with van der Waals surface area (Å²) in [5.41, 5.74) is 7.55. The van der Waals surface area contributed by atoms with E-state index in [1.807, 2.05) is 17.5 Å². The molecule has 22 heavy (non-hydrogen) atoms. The van der Waals surface area contributed by atoms with Crippen molar-refractivity contribution in [2.45, 2.75) is 13.1 Å². The van der Waals surface area contributed by atoms with Gasteiger partial charge in [-0.25, -0.2) is 9.97 Å². The molecule has 2 N–H and O–H groups in total. The summed E-state index contributed by atoms with van der Waals surface area (Å²) in [6, 6.07) is 5.50. The van der Waals surface area contributed by atoms with Gasteiger partial charge in [0.2, 0.25) is 5.95 Å². The number of hydrogen-bond donors (Lipinski definition) is 1. The third kappa shape index (κ3) is 2.13. The second-order valence-corrected chi connectivity index (χ2v) is 5.86. The van der Waals surface area contributed by atoms with Crippen molar-refractivity contribution in [1.29, 1.82) is 0 Å². The van der Waals surface area contributed by atoms with Gasteiger partial charge in [-0.05, 0) is 11.4 Å². The Bertz CT molecular complexity index is 843. The van der Waals surface area contributed by atoms with Crippen LogP contribution in [0.4, 0.5) is 5.95 Å². The highest BCUT2D eigenvalue weighted by Crippen LogP contribution is 2.27. The molecule has 0 radical (unpaired) electrons. The van der Waals surface area contributed by atoms with E-state index in [-0.39, 0.29) is 17.5 Å². The Morgan fingerprint density at radius 1 is 1.41 bits per heavy atom. The Morgan fingerprint density at radius 3 is 3.14 bits per heavy atom. The number of nitrogen functional groups attached to an aromatic ring is 1. The van der Waals surface area contributed by atoms with Gasteiger partial charge in [-0.1, -0.05) is 11.2 Å². The minimum Gasteiger partial charge on any atom is -0.368 e. The zero-order chi connectivity index (χ0) is 15.1. The van der Waals surface area contributed by atoms with Gasteiger partial charge in [0.25, 0.3) is 5.91 Å². The van der Waals surface area contributed by atoms with Gasteiger partial charge >= 0.3 is 0 Å². The second kappa shape index (κ2) is 4.92. The van der Waals surface area contributed by atoms with Crippen LogP contribution in [0.5, 0.6) is 0 Å². The maximum absolute atomic E-state index is 12.5. The van der Waals surface area contributed by atoms with Crippen LogP contribution >= 0.6 is 11.3 Å². The van der Waals surface area contributed by atoms with E-state index in [2.05, 4.69) is 15.1 Å². The largest absolute Gasteiger partial charge is 0.368 e. The highest BCUT2D eigenvalue weighted by atomic mass is 32.1. The molecule has 0 saturated heterocycles. The molecule has 0 saturated carbocycles. The zero-order valence-corrected chi connectivity index (χ0v) is 12.2. The number of fused-ring (bicyclic) bond motifs is 1. The van der Waals surface area contributed by atoms with Crippen LogP contribution in [-0.2, 0) is 13.1 Å². The van der Waals surface area contributed by atoms with Gasteiger partial charge in [0.15, 0.2) is 11.5 Å². The van der Waals surface area contributed by atoms with Crippen molar-refractivity contribution in [2.24, 2.45) is 0 Å². The summed E-state index contributed by atoms with van der Waals surface area (Å²) in [5, 5.41) is 5.82. The lowest BCUT2D eigenvalue weighted by atomic mass is 10.3. The molecule has 1 amide bonds. The van der Waals surface area contributed by atoms with Crippen LogP contribution in [0.3, 0.4) is 0 Å². The van der Waals surface area contributed by atoms with E-state index in [9.17, 15) is 4.79 Å². The highest BCUT2D eigenvalue weighted by molar-refractivity contribution is 7.13. The van der Waals surface area contributed by atoms with Crippen molar-refractivity contribution in [3.63, 3.8) is 0 Å². The Hall–Kier alpha value is -2.74. The lowest BCUT2D eigenvalue weighted by Crippen LogP contribution is -2.25. The molecule has 0 unspecified atom stereocenters. The summed E-state index contributed by atoms with van der Waals surface area (Å²) in [7, 11) is 0. The first kappa shape index (κ1) is 13.0. The van der Waals surface area contributed by atoms with Crippen molar-refractivity contribution >= 4 is 23.2 Å². The minimum atomic E-state index is -0.192. The number of rotatable bonds is 2. The molecule has 110 valence electrons. The number of amides is 1. The first-order valence-corrected chi connectivity index (χ1v) is 7.49. The van der Waals surface area contributed by atoms with Gasteiger partial charge in [-0.2, -0.15) is 0 Å². The number of anilines is 1. The molecule has 8 heteroatoms. The fraction of sp³-hybridized carbons (Fsp3) is 0.143. The van der Waals surface area contributed by atoms with Crippen molar-refractivity contribution in [2.75, 3.05) is 5.73 Å². The average molecular weight is 313 g/mol. The summed E-state index contributed by atoms with van der Waals surface area (Å²) < 4.78 is 5.25. The molecular formula is C14H11N5O2S. The standard InChI is InChI=1S/C14H11N5O2S/c15-14-16-5-8-6-19(7-10(8)17-14)13(20)9-4-11(21-18-9)12-2-1-3-22-12/h1-5H,6-7H2,(H2,15,16,17). The summed E-state index contributed by atoms with van der Waals surface area (Å²) in [6.45, 7) is 0.859.